The van der Waals surface area contributed by atoms with E-state index in [0.717, 1.165) is 5.69 Å². The van der Waals surface area contributed by atoms with Gasteiger partial charge in [-0.1, -0.05) is 23.4 Å². The molecule has 1 aromatic carbocycles. The number of nitrogens with zero attached hydrogens (tertiary/aromatic N) is 4. The largest absolute Gasteiger partial charge is 0.432 e. The second kappa shape index (κ2) is 6.79. The Morgan fingerprint density at radius 2 is 1.84 bits per heavy atom. The molecule has 1 atom stereocenters. The van der Waals surface area contributed by atoms with Crippen molar-refractivity contribution < 1.29 is 18.0 Å². The molecule has 1 aliphatic heterocycles. The number of para-hydroxylation sites is 1. The summed E-state index contributed by atoms with van der Waals surface area (Å²) in [7, 11) is 0. The molecule has 0 aliphatic carbocycles. The zero-order chi connectivity index (χ0) is 17.9. The molecule has 11 heteroatoms. The first-order valence-electron chi connectivity index (χ1n) is 7.27. The third-order valence-electron chi connectivity index (χ3n) is 3.23. The van der Waals surface area contributed by atoms with E-state index in [-0.39, 0.29) is 30.8 Å². The Morgan fingerprint density at radius 3 is 2.52 bits per heavy atom. The van der Waals surface area contributed by atoms with Crippen LogP contribution in [0.4, 0.5) is 36.7 Å². The number of nitrogen functional groups attached to an aromatic ring is 1. The first-order valence-corrected chi connectivity index (χ1v) is 7.27. The normalized spacial score (nSPS) is 16.9. The lowest BCUT2D eigenvalue weighted by Gasteiger charge is -2.11. The number of halogens is 3. The molecule has 25 heavy (non-hydrogen) atoms. The Bertz CT molecular complexity index is 767. The molecule has 0 amide bonds. The number of nitrogens with one attached hydrogen (secondary N) is 2. The monoisotopic (exact) mass is 353 g/mol. The maximum Gasteiger partial charge on any atom is 0.432 e. The highest BCUT2D eigenvalue weighted by Gasteiger charge is 2.41. The molecule has 8 nitrogen and oxygen atoms in total. The van der Waals surface area contributed by atoms with Gasteiger partial charge in [0.05, 0.1) is 6.54 Å². The summed E-state index contributed by atoms with van der Waals surface area (Å²) < 4.78 is 37.6. The molecule has 3 rings (SSSR count). The number of benzene rings is 1. The van der Waals surface area contributed by atoms with Gasteiger partial charge in [-0.25, -0.2) is 0 Å². The Balaban J connectivity index is 1.60. The summed E-state index contributed by atoms with van der Waals surface area (Å²) >= 11 is 0. The van der Waals surface area contributed by atoms with Crippen molar-refractivity contribution in [3.63, 3.8) is 0 Å². The lowest BCUT2D eigenvalue weighted by atomic mass is 10.2. The smallest absolute Gasteiger partial charge is 0.390 e. The van der Waals surface area contributed by atoms with Gasteiger partial charge >= 0.3 is 6.18 Å². The molecule has 2 heterocycles. The molecule has 1 unspecified atom stereocenters. The minimum atomic E-state index is -4.49. The lowest BCUT2D eigenvalue weighted by molar-refractivity contribution is -0.0604. The van der Waals surface area contributed by atoms with Crippen molar-refractivity contribution in [2.24, 2.45) is 5.16 Å². The van der Waals surface area contributed by atoms with Crippen molar-refractivity contribution in [3.8, 4) is 0 Å². The number of alkyl halides is 3. The molecule has 132 valence electrons. The predicted molar refractivity (Wildman–Crippen MR) is 85.4 cm³/mol. The van der Waals surface area contributed by atoms with Gasteiger partial charge in [0.25, 0.3) is 0 Å². The van der Waals surface area contributed by atoms with Crippen LogP contribution >= 0.6 is 0 Å². The van der Waals surface area contributed by atoms with E-state index in [1.54, 1.807) is 0 Å². The Hall–Kier alpha value is -3.11. The minimum absolute atomic E-state index is 0.0319. The summed E-state index contributed by atoms with van der Waals surface area (Å²) in [4.78, 5) is 16.7. The SMILES string of the molecule is Nc1nc(NCC2CC(C(F)(F)F)=NO2)nc(Nc2ccccc2)n1. The van der Waals surface area contributed by atoms with Crippen LogP contribution in [0.5, 0.6) is 0 Å². The van der Waals surface area contributed by atoms with Crippen LogP contribution in [0.1, 0.15) is 6.42 Å². The molecule has 0 radical (unpaired) electrons. The van der Waals surface area contributed by atoms with E-state index >= 15 is 0 Å². The van der Waals surface area contributed by atoms with Crippen LogP contribution < -0.4 is 16.4 Å². The molecule has 0 saturated carbocycles. The maximum atomic E-state index is 12.5. The van der Waals surface area contributed by atoms with Gasteiger partial charge in [-0.15, -0.1) is 0 Å². The highest BCUT2D eigenvalue weighted by molar-refractivity contribution is 5.90. The summed E-state index contributed by atoms with van der Waals surface area (Å²) in [5.74, 6) is 0.297. The molecule has 4 N–H and O–H groups in total. The number of oxime groups is 1. The van der Waals surface area contributed by atoms with Gasteiger partial charge in [-0.3, -0.25) is 0 Å². The number of nitrogens with two attached hydrogens (primary N) is 1. The van der Waals surface area contributed by atoms with Gasteiger partial charge in [-0.05, 0) is 12.1 Å². The predicted octanol–water partition coefficient (Wildman–Crippen LogP) is 2.32. The standard InChI is InChI=1S/C14H14F3N7O/c15-14(16,17)10-6-9(25-24-10)7-19-12-21-11(18)22-13(23-12)20-8-4-2-1-3-5-8/h1-5,9H,6-7H2,(H4,18,19,20,21,22,23). The Labute approximate surface area is 140 Å². The van der Waals surface area contributed by atoms with E-state index in [4.69, 9.17) is 10.6 Å². The van der Waals surface area contributed by atoms with Crippen LogP contribution in [0.15, 0.2) is 35.5 Å². The number of rotatable bonds is 5. The topological polar surface area (TPSA) is 110 Å². The average molecular weight is 353 g/mol. The van der Waals surface area contributed by atoms with E-state index < -0.39 is 18.0 Å². The summed E-state index contributed by atoms with van der Waals surface area (Å²) in [6, 6.07) is 9.16. The summed E-state index contributed by atoms with van der Waals surface area (Å²) in [5.41, 5.74) is 5.44. The van der Waals surface area contributed by atoms with Crippen molar-refractivity contribution in [3.05, 3.63) is 30.3 Å². The van der Waals surface area contributed by atoms with Crippen LogP contribution in [0, 0.1) is 0 Å². The van der Waals surface area contributed by atoms with E-state index in [0.29, 0.717) is 0 Å². The van der Waals surface area contributed by atoms with Gasteiger partial charge < -0.3 is 21.2 Å². The highest BCUT2D eigenvalue weighted by atomic mass is 19.4. The summed E-state index contributed by atoms with van der Waals surface area (Å²) in [6.07, 6.45) is -5.59. The van der Waals surface area contributed by atoms with E-state index in [2.05, 4.69) is 30.7 Å². The summed E-state index contributed by atoms with van der Waals surface area (Å²) in [6.45, 7) is 0.0390. The first-order chi connectivity index (χ1) is 11.9. The molecule has 0 spiro atoms. The molecule has 1 aromatic heterocycles. The lowest BCUT2D eigenvalue weighted by Crippen LogP contribution is -2.26. The van der Waals surface area contributed by atoms with Crippen molar-refractivity contribution in [1.29, 1.82) is 0 Å². The van der Waals surface area contributed by atoms with Crippen LogP contribution in [0.25, 0.3) is 0 Å². The van der Waals surface area contributed by atoms with Gasteiger partial charge in [0.15, 0.2) is 5.71 Å². The van der Waals surface area contributed by atoms with Crippen molar-refractivity contribution in [2.75, 3.05) is 22.9 Å². The number of anilines is 4. The van der Waals surface area contributed by atoms with Crippen LogP contribution in [0.3, 0.4) is 0 Å². The molecule has 0 bridgehead atoms. The zero-order valence-corrected chi connectivity index (χ0v) is 12.8. The maximum absolute atomic E-state index is 12.5. The van der Waals surface area contributed by atoms with Crippen molar-refractivity contribution in [1.82, 2.24) is 15.0 Å². The second-order valence-corrected chi connectivity index (χ2v) is 5.18. The van der Waals surface area contributed by atoms with Crippen molar-refractivity contribution >= 4 is 29.2 Å². The first kappa shape index (κ1) is 16.7. The molecule has 0 fully saturated rings. The zero-order valence-electron chi connectivity index (χ0n) is 12.8. The van der Waals surface area contributed by atoms with Gasteiger partial charge in [0.2, 0.25) is 17.8 Å². The van der Waals surface area contributed by atoms with Gasteiger partial charge in [0, 0.05) is 12.1 Å². The van der Waals surface area contributed by atoms with Crippen LogP contribution in [-0.4, -0.2) is 39.5 Å². The van der Waals surface area contributed by atoms with E-state index in [9.17, 15) is 13.2 Å². The fourth-order valence-electron chi connectivity index (χ4n) is 2.09. The second-order valence-electron chi connectivity index (χ2n) is 5.18. The minimum Gasteiger partial charge on any atom is -0.390 e. The van der Waals surface area contributed by atoms with Gasteiger partial charge in [-0.2, -0.15) is 28.1 Å². The summed E-state index contributed by atoms with van der Waals surface area (Å²) in [5, 5.41) is 8.79. The third-order valence-corrected chi connectivity index (χ3v) is 3.23. The highest BCUT2D eigenvalue weighted by Crippen LogP contribution is 2.25. The van der Waals surface area contributed by atoms with E-state index in [1.165, 1.54) is 0 Å². The molecule has 0 saturated heterocycles. The molecule has 2 aromatic rings. The Morgan fingerprint density at radius 1 is 1.12 bits per heavy atom. The Kier molecular flexibility index (Phi) is 4.55. The van der Waals surface area contributed by atoms with E-state index in [1.807, 2.05) is 30.3 Å². The van der Waals surface area contributed by atoms with Crippen LogP contribution in [-0.2, 0) is 4.84 Å². The third kappa shape index (κ3) is 4.46. The van der Waals surface area contributed by atoms with Crippen molar-refractivity contribution in [2.45, 2.75) is 18.7 Å². The number of aromatic nitrogens is 3. The number of hydrogen-bond acceptors (Lipinski definition) is 8. The average Bonchev–Trinajstić information content (AvgIpc) is 3.03. The van der Waals surface area contributed by atoms with Crippen LogP contribution in [0.2, 0.25) is 0 Å². The molecular formula is C14H14F3N7O. The molecular weight excluding hydrogens is 339 g/mol. The van der Waals surface area contributed by atoms with Gasteiger partial charge in [0.1, 0.15) is 6.10 Å². The number of hydrogen-bond donors (Lipinski definition) is 3. The molecule has 1 aliphatic rings. The fraction of sp³-hybridized carbons (Fsp3) is 0.286. The quantitative estimate of drug-likeness (QED) is 0.756. The fourth-order valence-corrected chi connectivity index (χ4v) is 2.09.